The van der Waals surface area contributed by atoms with Gasteiger partial charge in [0.2, 0.25) is 5.91 Å². The number of nitrogens with zero attached hydrogens (tertiary/aromatic N) is 1. The van der Waals surface area contributed by atoms with Crippen LogP contribution in [-0.4, -0.2) is 49.0 Å². The summed E-state index contributed by atoms with van der Waals surface area (Å²) in [6.07, 6.45) is 0.349. The standard InChI is InChI=1S/C19H29N3O3/c1-13(2)16-10-22(9-8-18(20)23)11-17(16)21-19(24)12-25-15-6-4-14(3)5-7-15/h4-7,13,16-17H,8-12H2,1-3H3,(H2,20,23)(H,21,24)/t16-,17+/m1/s1. The topological polar surface area (TPSA) is 84.7 Å². The second-order valence-corrected chi connectivity index (χ2v) is 7.16. The number of benzene rings is 1. The minimum atomic E-state index is -0.292. The van der Waals surface area contributed by atoms with Gasteiger partial charge in [-0.15, -0.1) is 0 Å². The summed E-state index contributed by atoms with van der Waals surface area (Å²) >= 11 is 0. The van der Waals surface area contributed by atoms with E-state index < -0.39 is 0 Å². The molecule has 0 unspecified atom stereocenters. The van der Waals surface area contributed by atoms with E-state index in [0.29, 0.717) is 30.6 Å². The molecule has 0 bridgehead atoms. The first-order chi connectivity index (χ1) is 11.8. The first-order valence-electron chi connectivity index (χ1n) is 8.84. The summed E-state index contributed by atoms with van der Waals surface area (Å²) in [5.74, 6) is 1.09. The van der Waals surface area contributed by atoms with Gasteiger partial charge < -0.3 is 20.7 Å². The lowest BCUT2D eigenvalue weighted by Crippen LogP contribution is -2.44. The number of nitrogens with two attached hydrogens (primary N) is 1. The van der Waals surface area contributed by atoms with Crippen LogP contribution in [-0.2, 0) is 9.59 Å². The van der Waals surface area contributed by atoms with Crippen molar-refractivity contribution in [2.24, 2.45) is 17.6 Å². The molecule has 0 saturated carbocycles. The zero-order chi connectivity index (χ0) is 18.4. The van der Waals surface area contributed by atoms with E-state index >= 15 is 0 Å². The number of rotatable bonds is 8. The lowest BCUT2D eigenvalue weighted by atomic mass is 9.91. The number of likely N-dealkylation sites (tertiary alicyclic amines) is 1. The van der Waals surface area contributed by atoms with Crippen molar-refractivity contribution >= 4 is 11.8 Å². The van der Waals surface area contributed by atoms with Crippen LogP contribution in [0.4, 0.5) is 0 Å². The van der Waals surface area contributed by atoms with Crippen molar-refractivity contribution in [2.75, 3.05) is 26.2 Å². The molecule has 138 valence electrons. The lowest BCUT2D eigenvalue weighted by molar-refractivity contribution is -0.124. The van der Waals surface area contributed by atoms with Crippen molar-refractivity contribution in [1.29, 1.82) is 0 Å². The van der Waals surface area contributed by atoms with Gasteiger partial charge in [-0.05, 0) is 30.9 Å². The Morgan fingerprint density at radius 1 is 1.28 bits per heavy atom. The number of hydrogen-bond acceptors (Lipinski definition) is 4. The number of hydrogen-bond donors (Lipinski definition) is 2. The molecule has 3 N–H and O–H groups in total. The van der Waals surface area contributed by atoms with Gasteiger partial charge in [-0.3, -0.25) is 9.59 Å². The van der Waals surface area contributed by atoms with E-state index in [-0.39, 0.29) is 24.5 Å². The van der Waals surface area contributed by atoms with Crippen LogP contribution in [0.25, 0.3) is 0 Å². The largest absolute Gasteiger partial charge is 0.484 e. The molecule has 1 aromatic carbocycles. The highest BCUT2D eigenvalue weighted by Gasteiger charge is 2.35. The molecule has 1 heterocycles. The van der Waals surface area contributed by atoms with Gasteiger partial charge in [0.25, 0.3) is 5.91 Å². The Hall–Kier alpha value is -2.08. The third-order valence-electron chi connectivity index (χ3n) is 4.71. The maximum absolute atomic E-state index is 12.3. The maximum atomic E-state index is 12.3. The minimum Gasteiger partial charge on any atom is -0.484 e. The van der Waals surface area contributed by atoms with Crippen molar-refractivity contribution in [1.82, 2.24) is 10.2 Å². The Labute approximate surface area is 149 Å². The van der Waals surface area contributed by atoms with E-state index in [2.05, 4.69) is 24.1 Å². The molecule has 1 aromatic rings. The smallest absolute Gasteiger partial charge is 0.258 e. The first-order valence-corrected chi connectivity index (χ1v) is 8.84. The molecule has 1 saturated heterocycles. The molecule has 2 atom stereocenters. The van der Waals surface area contributed by atoms with Gasteiger partial charge >= 0.3 is 0 Å². The van der Waals surface area contributed by atoms with Crippen molar-refractivity contribution in [3.05, 3.63) is 29.8 Å². The molecule has 1 aliphatic rings. The summed E-state index contributed by atoms with van der Waals surface area (Å²) < 4.78 is 5.55. The van der Waals surface area contributed by atoms with Crippen LogP contribution in [0.3, 0.4) is 0 Å². The number of ether oxygens (including phenoxy) is 1. The average Bonchev–Trinajstić information content (AvgIpc) is 2.95. The fourth-order valence-corrected chi connectivity index (χ4v) is 3.22. The van der Waals surface area contributed by atoms with E-state index in [1.165, 1.54) is 0 Å². The van der Waals surface area contributed by atoms with E-state index in [1.807, 2.05) is 31.2 Å². The third-order valence-corrected chi connectivity index (χ3v) is 4.71. The van der Waals surface area contributed by atoms with E-state index in [1.54, 1.807) is 0 Å². The van der Waals surface area contributed by atoms with Crippen LogP contribution in [0.5, 0.6) is 5.75 Å². The Bertz CT molecular complexity index is 586. The number of aryl methyl sites for hydroxylation is 1. The van der Waals surface area contributed by atoms with Crippen molar-refractivity contribution in [2.45, 2.75) is 33.2 Å². The van der Waals surface area contributed by atoms with Crippen LogP contribution < -0.4 is 15.8 Å². The molecule has 25 heavy (non-hydrogen) atoms. The predicted octanol–water partition coefficient (Wildman–Crippen LogP) is 1.32. The molecule has 1 aliphatic heterocycles. The Balaban J connectivity index is 1.84. The molecule has 6 heteroatoms. The summed E-state index contributed by atoms with van der Waals surface area (Å²) in [4.78, 5) is 25.4. The van der Waals surface area contributed by atoms with Gasteiger partial charge in [-0.2, -0.15) is 0 Å². The van der Waals surface area contributed by atoms with Crippen LogP contribution in [0.2, 0.25) is 0 Å². The summed E-state index contributed by atoms with van der Waals surface area (Å²) in [5, 5.41) is 3.09. The van der Waals surface area contributed by atoms with Gasteiger partial charge in [-0.1, -0.05) is 31.5 Å². The highest BCUT2D eigenvalue weighted by molar-refractivity contribution is 5.78. The van der Waals surface area contributed by atoms with Crippen LogP contribution in [0.1, 0.15) is 25.8 Å². The SMILES string of the molecule is Cc1ccc(OCC(=O)N[C@H]2CN(CCC(N)=O)C[C@@H]2C(C)C)cc1. The number of primary amides is 1. The molecule has 0 spiro atoms. The van der Waals surface area contributed by atoms with Crippen LogP contribution in [0.15, 0.2) is 24.3 Å². The van der Waals surface area contributed by atoms with Crippen LogP contribution >= 0.6 is 0 Å². The van der Waals surface area contributed by atoms with Crippen molar-refractivity contribution in [3.63, 3.8) is 0 Å². The van der Waals surface area contributed by atoms with Gasteiger partial charge in [0.05, 0.1) is 0 Å². The van der Waals surface area contributed by atoms with E-state index in [4.69, 9.17) is 10.5 Å². The minimum absolute atomic E-state index is 0.00562. The molecule has 2 rings (SSSR count). The molecule has 6 nitrogen and oxygen atoms in total. The number of carbonyl (C=O) groups excluding carboxylic acids is 2. The monoisotopic (exact) mass is 347 g/mol. The third kappa shape index (κ3) is 6.05. The van der Waals surface area contributed by atoms with Crippen LogP contribution in [0, 0.1) is 18.8 Å². The Kier molecular flexibility index (Phi) is 6.82. The number of carbonyl (C=O) groups is 2. The zero-order valence-corrected chi connectivity index (χ0v) is 15.3. The number of amides is 2. The van der Waals surface area contributed by atoms with Gasteiger partial charge in [0.15, 0.2) is 6.61 Å². The molecular formula is C19H29N3O3. The Morgan fingerprint density at radius 3 is 2.56 bits per heavy atom. The van der Waals surface area contributed by atoms with Crippen molar-refractivity contribution in [3.8, 4) is 5.75 Å². The lowest BCUT2D eigenvalue weighted by Gasteiger charge is -2.23. The second-order valence-electron chi connectivity index (χ2n) is 7.16. The van der Waals surface area contributed by atoms with Gasteiger partial charge in [-0.25, -0.2) is 0 Å². The Morgan fingerprint density at radius 2 is 1.96 bits per heavy atom. The van der Waals surface area contributed by atoms with Gasteiger partial charge in [0, 0.05) is 32.1 Å². The first kappa shape index (κ1) is 19.2. The zero-order valence-electron chi connectivity index (χ0n) is 15.3. The molecule has 0 aromatic heterocycles. The molecule has 0 aliphatic carbocycles. The fraction of sp³-hybridized carbons (Fsp3) is 0.579. The van der Waals surface area contributed by atoms with Gasteiger partial charge in [0.1, 0.15) is 5.75 Å². The highest BCUT2D eigenvalue weighted by Crippen LogP contribution is 2.24. The predicted molar refractivity (Wildman–Crippen MR) is 97.2 cm³/mol. The molecule has 0 radical (unpaired) electrons. The van der Waals surface area contributed by atoms with E-state index in [9.17, 15) is 9.59 Å². The summed E-state index contributed by atoms with van der Waals surface area (Å²) in [6.45, 7) is 8.58. The number of nitrogens with one attached hydrogen (secondary N) is 1. The summed E-state index contributed by atoms with van der Waals surface area (Å²) in [6, 6.07) is 7.70. The van der Waals surface area contributed by atoms with E-state index in [0.717, 1.165) is 18.7 Å². The highest BCUT2D eigenvalue weighted by atomic mass is 16.5. The molecular weight excluding hydrogens is 318 g/mol. The maximum Gasteiger partial charge on any atom is 0.258 e. The van der Waals surface area contributed by atoms with Crippen molar-refractivity contribution < 1.29 is 14.3 Å². The average molecular weight is 347 g/mol. The fourth-order valence-electron chi connectivity index (χ4n) is 3.22. The second kappa shape index (κ2) is 8.85. The summed E-state index contributed by atoms with van der Waals surface area (Å²) in [7, 11) is 0. The molecule has 2 amide bonds. The molecule has 1 fully saturated rings. The normalized spacial score (nSPS) is 20.6. The summed E-state index contributed by atoms with van der Waals surface area (Å²) in [5.41, 5.74) is 6.38. The quantitative estimate of drug-likeness (QED) is 0.743.